The molecule has 1 amide bonds. The van der Waals surface area contributed by atoms with Crippen molar-refractivity contribution in [3.05, 3.63) is 66.6 Å². The molecule has 0 aliphatic rings. The zero-order chi connectivity index (χ0) is 15.9. The van der Waals surface area contributed by atoms with E-state index in [0.717, 1.165) is 24.9 Å². The van der Waals surface area contributed by atoms with Crippen molar-refractivity contribution in [1.82, 2.24) is 14.9 Å². The Morgan fingerprint density at radius 2 is 2.04 bits per heavy atom. The van der Waals surface area contributed by atoms with Gasteiger partial charge in [-0.1, -0.05) is 24.3 Å². The van der Waals surface area contributed by atoms with Crippen molar-refractivity contribution in [3.8, 4) is 0 Å². The van der Waals surface area contributed by atoms with E-state index in [4.69, 9.17) is 0 Å². The number of carbonyl (C=O) groups excluding carboxylic acids is 1. The zero-order valence-electron chi connectivity index (χ0n) is 13.1. The first-order valence-corrected chi connectivity index (χ1v) is 8.02. The molecule has 0 fully saturated rings. The van der Waals surface area contributed by atoms with E-state index in [-0.39, 0.29) is 5.91 Å². The molecular formula is C19H21N3O. The molecule has 0 bridgehead atoms. The van der Waals surface area contributed by atoms with Crippen LogP contribution in [0.2, 0.25) is 0 Å². The molecular weight excluding hydrogens is 286 g/mol. The third-order valence-corrected chi connectivity index (χ3v) is 3.94. The van der Waals surface area contributed by atoms with Gasteiger partial charge in [0.15, 0.2) is 0 Å². The van der Waals surface area contributed by atoms with Crippen LogP contribution in [0.3, 0.4) is 0 Å². The van der Waals surface area contributed by atoms with Gasteiger partial charge in [-0.3, -0.25) is 9.78 Å². The Bertz CT molecular complexity index is 764. The summed E-state index contributed by atoms with van der Waals surface area (Å²) in [5.74, 6) is 0.103. The molecule has 23 heavy (non-hydrogen) atoms. The monoisotopic (exact) mass is 307 g/mol. The van der Waals surface area contributed by atoms with Crippen LogP contribution in [0, 0.1) is 0 Å². The number of hydrogen-bond acceptors (Lipinski definition) is 2. The fourth-order valence-electron chi connectivity index (χ4n) is 2.71. The summed E-state index contributed by atoms with van der Waals surface area (Å²) in [5, 5.41) is 4.25. The summed E-state index contributed by atoms with van der Waals surface area (Å²) in [7, 11) is 0. The maximum Gasteiger partial charge on any atom is 0.220 e. The largest absolute Gasteiger partial charge is 0.356 e. The van der Waals surface area contributed by atoms with Gasteiger partial charge in [-0.15, -0.1) is 0 Å². The first-order chi connectivity index (χ1) is 11.3. The second-order valence-corrected chi connectivity index (χ2v) is 5.63. The number of nitrogens with one attached hydrogen (secondary N) is 1. The molecule has 1 aromatic carbocycles. The fourth-order valence-corrected chi connectivity index (χ4v) is 2.71. The van der Waals surface area contributed by atoms with E-state index in [9.17, 15) is 4.79 Å². The average Bonchev–Trinajstić information content (AvgIpc) is 3.01. The van der Waals surface area contributed by atoms with E-state index in [1.165, 1.54) is 10.9 Å². The van der Waals surface area contributed by atoms with Gasteiger partial charge in [-0.25, -0.2) is 0 Å². The number of pyridine rings is 1. The first-order valence-electron chi connectivity index (χ1n) is 8.02. The van der Waals surface area contributed by atoms with Crippen LogP contribution in [0.1, 0.15) is 18.4 Å². The highest BCUT2D eigenvalue weighted by Crippen LogP contribution is 2.15. The smallest absolute Gasteiger partial charge is 0.220 e. The van der Waals surface area contributed by atoms with E-state index in [1.807, 2.05) is 18.3 Å². The minimum Gasteiger partial charge on any atom is -0.356 e. The molecule has 2 heterocycles. The molecule has 0 unspecified atom stereocenters. The second kappa shape index (κ2) is 7.58. The molecule has 3 rings (SSSR count). The molecule has 2 aromatic heterocycles. The third kappa shape index (κ3) is 4.19. The average molecular weight is 307 g/mol. The topological polar surface area (TPSA) is 46.9 Å². The highest BCUT2D eigenvalue weighted by atomic mass is 16.1. The minimum atomic E-state index is 0.103. The van der Waals surface area contributed by atoms with E-state index in [1.54, 1.807) is 6.20 Å². The van der Waals surface area contributed by atoms with Crippen molar-refractivity contribution < 1.29 is 4.79 Å². The van der Waals surface area contributed by atoms with Crippen LogP contribution in [0.4, 0.5) is 0 Å². The summed E-state index contributed by atoms with van der Waals surface area (Å²) >= 11 is 0. The molecule has 1 N–H and O–H groups in total. The van der Waals surface area contributed by atoms with Crippen molar-refractivity contribution >= 4 is 16.8 Å². The van der Waals surface area contributed by atoms with Crippen molar-refractivity contribution in [2.45, 2.75) is 25.8 Å². The van der Waals surface area contributed by atoms with Crippen LogP contribution in [-0.4, -0.2) is 22.0 Å². The number of hydrogen-bond donors (Lipinski definition) is 1. The lowest BCUT2D eigenvalue weighted by atomic mass is 10.1. The molecule has 0 spiro atoms. The van der Waals surface area contributed by atoms with E-state index < -0.39 is 0 Å². The van der Waals surface area contributed by atoms with Gasteiger partial charge in [0.25, 0.3) is 0 Å². The maximum absolute atomic E-state index is 11.9. The van der Waals surface area contributed by atoms with Crippen LogP contribution in [0.25, 0.3) is 10.9 Å². The number of amides is 1. The third-order valence-electron chi connectivity index (χ3n) is 3.94. The number of para-hydroxylation sites is 1. The predicted molar refractivity (Wildman–Crippen MR) is 92.1 cm³/mol. The Morgan fingerprint density at radius 3 is 2.91 bits per heavy atom. The summed E-state index contributed by atoms with van der Waals surface area (Å²) in [4.78, 5) is 15.9. The van der Waals surface area contributed by atoms with Crippen molar-refractivity contribution in [1.29, 1.82) is 0 Å². The van der Waals surface area contributed by atoms with Crippen molar-refractivity contribution in [2.75, 3.05) is 6.54 Å². The predicted octanol–water partition coefficient (Wildman–Crippen LogP) is 3.18. The van der Waals surface area contributed by atoms with E-state index in [2.05, 4.69) is 51.4 Å². The SMILES string of the molecule is O=C(CCc1cccnc1)NCCCn1ccc2ccccc21. The van der Waals surface area contributed by atoms with Gasteiger partial charge in [0.05, 0.1) is 0 Å². The molecule has 0 saturated heterocycles. The Hall–Kier alpha value is -2.62. The second-order valence-electron chi connectivity index (χ2n) is 5.63. The normalized spacial score (nSPS) is 10.8. The number of carbonyl (C=O) groups is 1. The molecule has 0 aliphatic heterocycles. The van der Waals surface area contributed by atoms with Crippen LogP contribution < -0.4 is 5.32 Å². The number of nitrogens with zero attached hydrogens (tertiary/aromatic N) is 2. The van der Waals surface area contributed by atoms with Crippen LogP contribution in [0.5, 0.6) is 0 Å². The van der Waals surface area contributed by atoms with Crippen LogP contribution in [-0.2, 0) is 17.8 Å². The lowest BCUT2D eigenvalue weighted by molar-refractivity contribution is -0.121. The number of aromatic nitrogens is 2. The summed E-state index contributed by atoms with van der Waals surface area (Å²) < 4.78 is 2.23. The number of aryl methyl sites for hydroxylation is 2. The minimum absolute atomic E-state index is 0.103. The summed E-state index contributed by atoms with van der Waals surface area (Å²) in [6.07, 6.45) is 7.84. The number of fused-ring (bicyclic) bond motifs is 1. The highest BCUT2D eigenvalue weighted by molar-refractivity contribution is 5.79. The zero-order valence-corrected chi connectivity index (χ0v) is 13.1. The quantitative estimate of drug-likeness (QED) is 0.682. The van der Waals surface area contributed by atoms with Gasteiger partial charge in [-0.05, 0) is 42.0 Å². The van der Waals surface area contributed by atoms with Gasteiger partial charge in [0, 0.05) is 43.6 Å². The molecule has 0 saturated carbocycles. The van der Waals surface area contributed by atoms with Crippen LogP contribution in [0.15, 0.2) is 61.1 Å². The fraction of sp³-hybridized carbons (Fsp3) is 0.263. The van der Waals surface area contributed by atoms with E-state index >= 15 is 0 Å². The lowest BCUT2D eigenvalue weighted by Gasteiger charge is -2.07. The Balaban J connectivity index is 1.39. The molecule has 0 atom stereocenters. The Labute approximate surface area is 136 Å². The lowest BCUT2D eigenvalue weighted by Crippen LogP contribution is -2.25. The van der Waals surface area contributed by atoms with Crippen molar-refractivity contribution in [2.24, 2.45) is 0 Å². The molecule has 0 radical (unpaired) electrons. The number of rotatable bonds is 7. The van der Waals surface area contributed by atoms with E-state index in [0.29, 0.717) is 13.0 Å². The van der Waals surface area contributed by atoms with Gasteiger partial charge >= 0.3 is 0 Å². The number of benzene rings is 1. The maximum atomic E-state index is 11.9. The summed E-state index contributed by atoms with van der Waals surface area (Å²) in [6, 6.07) is 14.4. The molecule has 0 aliphatic carbocycles. The summed E-state index contributed by atoms with van der Waals surface area (Å²) in [5.41, 5.74) is 2.34. The summed E-state index contributed by atoms with van der Waals surface area (Å²) in [6.45, 7) is 1.62. The van der Waals surface area contributed by atoms with Gasteiger partial charge in [-0.2, -0.15) is 0 Å². The first kappa shape index (κ1) is 15.3. The molecule has 118 valence electrons. The van der Waals surface area contributed by atoms with Crippen LogP contribution >= 0.6 is 0 Å². The van der Waals surface area contributed by atoms with Gasteiger partial charge < -0.3 is 9.88 Å². The van der Waals surface area contributed by atoms with Gasteiger partial charge in [0.2, 0.25) is 5.91 Å². The standard InChI is InChI=1S/C19H21N3O/c23-19(9-8-16-5-3-11-20-15-16)21-12-4-13-22-14-10-17-6-1-2-7-18(17)22/h1-3,5-7,10-11,14-15H,4,8-9,12-13H2,(H,21,23). The molecule has 4 nitrogen and oxygen atoms in total. The Morgan fingerprint density at radius 1 is 1.13 bits per heavy atom. The highest BCUT2D eigenvalue weighted by Gasteiger charge is 2.03. The van der Waals surface area contributed by atoms with Gasteiger partial charge in [0.1, 0.15) is 0 Å². The van der Waals surface area contributed by atoms with Crippen molar-refractivity contribution in [3.63, 3.8) is 0 Å². The molecule has 3 aromatic rings. The molecule has 4 heteroatoms. The Kier molecular flexibility index (Phi) is 5.04.